The van der Waals surface area contributed by atoms with Crippen LogP contribution >= 0.6 is 0 Å². The van der Waals surface area contributed by atoms with Crippen LogP contribution in [0.2, 0.25) is 0 Å². The van der Waals surface area contributed by atoms with Crippen molar-refractivity contribution in [2.45, 2.75) is 12.4 Å². The lowest BCUT2D eigenvalue weighted by Crippen LogP contribution is -2.32. The first kappa shape index (κ1) is 7.31. The van der Waals surface area contributed by atoms with Gasteiger partial charge in [-0.15, -0.1) is 0 Å². The van der Waals surface area contributed by atoms with Crippen molar-refractivity contribution in [1.82, 2.24) is 0 Å². The fraction of sp³-hybridized carbons (Fsp3) is 0.222. The predicted octanol–water partition coefficient (Wildman–Crippen LogP) is 0.641. The van der Waals surface area contributed by atoms with Crippen LogP contribution in [0.3, 0.4) is 0 Å². The van der Waals surface area contributed by atoms with Crippen molar-refractivity contribution in [3.8, 4) is 0 Å². The van der Waals surface area contributed by atoms with Gasteiger partial charge in [0.05, 0.1) is 1.37 Å². The van der Waals surface area contributed by atoms with Crippen molar-refractivity contribution in [3.05, 3.63) is 35.9 Å². The van der Waals surface area contributed by atoms with Crippen LogP contribution in [0.25, 0.3) is 0 Å². The summed E-state index contributed by atoms with van der Waals surface area (Å²) in [5.74, 6) is -1.31. The zero-order valence-electron chi connectivity index (χ0n) is 7.53. The van der Waals surface area contributed by atoms with E-state index in [-0.39, 0.29) is 6.42 Å². The van der Waals surface area contributed by atoms with Gasteiger partial charge >= 0.3 is 5.97 Å². The number of carboxylic acid groups (broad SMARTS) is 1. The number of hydrogen-bond donors (Lipinski definition) is 2. The van der Waals surface area contributed by atoms with E-state index < -0.39 is 12.0 Å². The number of hydrogen-bond acceptors (Lipinski definition) is 2. The van der Waals surface area contributed by atoms with Crippen LogP contribution in [0.5, 0.6) is 0 Å². The molecule has 3 heteroatoms. The average Bonchev–Trinajstić information content (AvgIpc) is 2.05. The second-order valence-electron chi connectivity index (χ2n) is 2.49. The van der Waals surface area contributed by atoms with Crippen LogP contribution in [-0.2, 0) is 11.2 Å². The minimum Gasteiger partial charge on any atom is -0.480 e. The zero-order valence-corrected chi connectivity index (χ0v) is 6.53. The molecule has 1 rings (SSSR count). The van der Waals surface area contributed by atoms with E-state index >= 15 is 0 Å². The lowest BCUT2D eigenvalue weighted by molar-refractivity contribution is -0.138. The molecule has 0 amide bonds. The van der Waals surface area contributed by atoms with E-state index in [0.29, 0.717) is 0 Å². The van der Waals surface area contributed by atoms with Crippen LogP contribution in [0.4, 0.5) is 0 Å². The summed E-state index contributed by atoms with van der Waals surface area (Å²) in [6, 6.07) is 6.96. The predicted molar refractivity (Wildman–Crippen MR) is 45.8 cm³/mol. The molecule has 12 heavy (non-hydrogen) atoms. The van der Waals surface area contributed by atoms with E-state index in [0.717, 1.165) is 5.56 Å². The molecule has 0 spiro atoms. The largest absolute Gasteiger partial charge is 0.480 e. The van der Waals surface area contributed by atoms with Crippen molar-refractivity contribution < 1.29 is 11.3 Å². The number of benzene rings is 1. The van der Waals surface area contributed by atoms with Gasteiger partial charge < -0.3 is 10.8 Å². The van der Waals surface area contributed by atoms with E-state index in [1.54, 1.807) is 24.3 Å². The molecule has 0 saturated carbocycles. The molecule has 0 aromatic heterocycles. The number of nitrogens with two attached hydrogens (primary N) is 1. The molecule has 64 valence electrons. The quantitative estimate of drug-likeness (QED) is 0.694. The normalized spacial score (nSPS) is 16.2. The highest BCUT2D eigenvalue weighted by Crippen LogP contribution is 2.01. The molecule has 1 aromatic carbocycles. The Morgan fingerprint density at radius 2 is 2.17 bits per heavy atom. The average molecular weight is 167 g/mol. The van der Waals surface area contributed by atoms with Crippen LogP contribution in [0.1, 0.15) is 6.93 Å². The third kappa shape index (κ3) is 2.36. The Labute approximate surface area is 72.2 Å². The summed E-state index contributed by atoms with van der Waals surface area (Å²) in [6.07, 6.45) is 0.0170. The lowest BCUT2D eigenvalue weighted by atomic mass is 10.1. The van der Waals surface area contributed by atoms with Gasteiger partial charge in [-0.25, -0.2) is 0 Å². The summed E-state index contributed by atoms with van der Waals surface area (Å²) in [7, 11) is 0. The minimum absolute atomic E-state index is 0.0170. The Bertz CT molecular complexity index is 298. The molecule has 3 N–H and O–H groups in total. The first-order valence-electron chi connectivity index (χ1n) is 4.08. The molecule has 0 saturated heterocycles. The Hall–Kier alpha value is -1.35. The molecule has 0 bridgehead atoms. The van der Waals surface area contributed by atoms with Crippen molar-refractivity contribution in [1.29, 1.82) is 0 Å². The second-order valence-corrected chi connectivity index (χ2v) is 2.49. The standard InChI is InChI=1S/C9H11NO2/c10-8(9(11)12)6-7-4-2-1-3-5-7/h1-5,8H,6,10H2,(H,11,12)/t8-/m0/s1/i8T. The Morgan fingerprint density at radius 3 is 2.67 bits per heavy atom. The van der Waals surface area contributed by atoms with Gasteiger partial charge in [-0.1, -0.05) is 30.3 Å². The number of rotatable bonds is 3. The molecule has 0 unspecified atom stereocenters. The number of carbonyl (C=O) groups is 1. The van der Waals surface area contributed by atoms with Crippen molar-refractivity contribution in [2.24, 2.45) is 5.73 Å². The summed E-state index contributed by atoms with van der Waals surface area (Å²) in [6.45, 7) is 0. The number of carboxylic acids is 1. The SMILES string of the molecule is [3H][C@](N)(Cc1ccccc1)C(=O)O. The topological polar surface area (TPSA) is 63.3 Å². The summed E-state index contributed by atoms with van der Waals surface area (Å²) >= 11 is 0. The van der Waals surface area contributed by atoms with Gasteiger partial charge in [-0.05, 0) is 12.0 Å². The van der Waals surface area contributed by atoms with E-state index in [9.17, 15) is 4.79 Å². The molecule has 0 aliphatic carbocycles. The van der Waals surface area contributed by atoms with E-state index in [1.807, 2.05) is 6.07 Å². The van der Waals surface area contributed by atoms with E-state index in [1.165, 1.54) is 0 Å². The molecule has 1 atom stereocenters. The Balaban J connectivity index is 2.75. The molecular weight excluding hydrogens is 154 g/mol. The smallest absolute Gasteiger partial charge is 0.320 e. The van der Waals surface area contributed by atoms with Crippen molar-refractivity contribution in [3.63, 3.8) is 0 Å². The third-order valence-electron chi connectivity index (χ3n) is 1.51. The summed E-state index contributed by atoms with van der Waals surface area (Å²) in [5, 5.41) is 8.59. The van der Waals surface area contributed by atoms with Gasteiger partial charge in [-0.2, -0.15) is 0 Å². The van der Waals surface area contributed by atoms with Gasteiger partial charge in [-0.3, -0.25) is 4.79 Å². The lowest BCUT2D eigenvalue weighted by Gasteiger charge is -2.04. The fourth-order valence-electron chi connectivity index (χ4n) is 0.891. The summed E-state index contributed by atoms with van der Waals surface area (Å²) in [5.41, 5.74) is 6.01. The molecule has 1 aromatic rings. The van der Waals surface area contributed by atoms with E-state index in [2.05, 4.69) is 0 Å². The highest BCUT2D eigenvalue weighted by atomic mass is 16.4. The maximum atomic E-state index is 10.5. The van der Waals surface area contributed by atoms with Gasteiger partial charge in [0.2, 0.25) is 0 Å². The molecule has 0 fully saturated rings. The molecule has 0 aliphatic rings. The summed E-state index contributed by atoms with van der Waals surface area (Å²) < 4.78 is 7.30. The van der Waals surface area contributed by atoms with Crippen molar-refractivity contribution in [2.75, 3.05) is 0 Å². The van der Waals surface area contributed by atoms with Crippen LogP contribution in [0, 0.1) is 0 Å². The van der Waals surface area contributed by atoms with E-state index in [4.69, 9.17) is 12.2 Å². The monoisotopic (exact) mass is 167 g/mol. The zero-order chi connectivity index (χ0) is 9.90. The first-order chi connectivity index (χ1) is 6.02. The van der Waals surface area contributed by atoms with Gasteiger partial charge in [0, 0.05) is 0 Å². The van der Waals surface area contributed by atoms with Crippen molar-refractivity contribution >= 4 is 5.97 Å². The third-order valence-corrected chi connectivity index (χ3v) is 1.51. The second kappa shape index (κ2) is 3.88. The molecule has 0 heterocycles. The Morgan fingerprint density at radius 1 is 1.58 bits per heavy atom. The van der Waals surface area contributed by atoms with Crippen LogP contribution in [0.15, 0.2) is 30.3 Å². The molecular formula is C9H11NO2. The highest BCUT2D eigenvalue weighted by Gasteiger charge is 2.10. The maximum Gasteiger partial charge on any atom is 0.320 e. The Kier molecular flexibility index (Phi) is 2.36. The van der Waals surface area contributed by atoms with Crippen LogP contribution < -0.4 is 5.73 Å². The molecule has 0 radical (unpaired) electrons. The van der Waals surface area contributed by atoms with Gasteiger partial charge in [0.1, 0.15) is 6.02 Å². The minimum atomic E-state index is -1.93. The molecule has 3 nitrogen and oxygen atoms in total. The van der Waals surface area contributed by atoms with Gasteiger partial charge in [0.25, 0.3) is 0 Å². The molecule has 0 aliphatic heterocycles. The maximum absolute atomic E-state index is 10.5. The number of aliphatic carboxylic acids is 1. The highest BCUT2D eigenvalue weighted by molar-refractivity contribution is 5.73. The van der Waals surface area contributed by atoms with Gasteiger partial charge in [0.15, 0.2) is 0 Å². The first-order valence-corrected chi connectivity index (χ1v) is 3.58. The fourth-order valence-corrected chi connectivity index (χ4v) is 0.891. The summed E-state index contributed by atoms with van der Waals surface area (Å²) in [4.78, 5) is 10.5. The van der Waals surface area contributed by atoms with Crippen LogP contribution in [-0.4, -0.2) is 17.1 Å².